The number of carboxylic acid groups (broad SMARTS) is 1. The Morgan fingerprint density at radius 3 is 2.84 bits per heavy atom. The zero-order valence-electron chi connectivity index (χ0n) is 14.2. The third-order valence-electron chi connectivity index (χ3n) is 4.33. The van der Waals surface area contributed by atoms with Gasteiger partial charge < -0.3 is 9.84 Å². The molecule has 0 radical (unpaired) electrons. The predicted octanol–water partition coefficient (Wildman–Crippen LogP) is 3.08. The van der Waals surface area contributed by atoms with Gasteiger partial charge >= 0.3 is 12.6 Å². The number of hydrogen-bond donors (Lipinski definition) is 1. The normalized spacial score (nSPS) is 18.7. The third kappa shape index (κ3) is 7.54. The molecule has 0 spiro atoms. The van der Waals surface area contributed by atoms with Crippen LogP contribution in [0.3, 0.4) is 0 Å². The van der Waals surface area contributed by atoms with Crippen molar-refractivity contribution in [2.24, 2.45) is 0 Å². The fourth-order valence-electron chi connectivity index (χ4n) is 3.16. The zero-order chi connectivity index (χ0) is 17.5. The van der Waals surface area contributed by atoms with Crippen LogP contribution in [0.5, 0.6) is 5.75 Å². The van der Waals surface area contributed by atoms with E-state index in [0.717, 1.165) is 37.9 Å². The van der Waals surface area contributed by atoms with Gasteiger partial charge in [0.25, 0.3) is 0 Å². The van der Waals surface area contributed by atoms with Gasteiger partial charge in [0.15, 0.2) is 0 Å². The summed E-state index contributed by atoms with van der Waals surface area (Å²) in [6.07, 6.45) is 2.85. The summed E-state index contributed by atoms with van der Waals surface area (Å²) in [6.45, 7) is -0.316. The topological polar surface area (TPSA) is 53.0 Å². The summed E-state index contributed by atoms with van der Waals surface area (Å²) in [5.41, 5.74) is 0.936. The van der Waals surface area contributed by atoms with Crippen molar-refractivity contribution in [1.29, 1.82) is 0 Å². The van der Waals surface area contributed by atoms with E-state index in [9.17, 15) is 13.6 Å². The molecule has 8 heteroatoms. The van der Waals surface area contributed by atoms with Gasteiger partial charge in [-0.2, -0.15) is 8.78 Å². The highest BCUT2D eigenvalue weighted by molar-refractivity contribution is 5.85. The summed E-state index contributed by atoms with van der Waals surface area (Å²) in [6, 6.07) is 7.05. The van der Waals surface area contributed by atoms with E-state index in [1.54, 1.807) is 12.1 Å². The van der Waals surface area contributed by atoms with E-state index in [-0.39, 0.29) is 30.7 Å². The molecule has 0 saturated carbocycles. The molecular weight excluding hydrogens is 354 g/mol. The zero-order valence-corrected chi connectivity index (χ0v) is 15.1. The molecule has 142 valence electrons. The van der Waals surface area contributed by atoms with Crippen molar-refractivity contribution in [3.8, 4) is 5.75 Å². The van der Waals surface area contributed by atoms with Crippen molar-refractivity contribution in [1.82, 2.24) is 9.80 Å². The van der Waals surface area contributed by atoms with Crippen molar-refractivity contribution in [2.45, 2.75) is 38.5 Å². The summed E-state index contributed by atoms with van der Waals surface area (Å²) in [5, 5.41) is 8.90. The molecule has 25 heavy (non-hydrogen) atoms. The third-order valence-corrected chi connectivity index (χ3v) is 4.33. The van der Waals surface area contributed by atoms with Gasteiger partial charge in [-0.1, -0.05) is 12.1 Å². The maximum absolute atomic E-state index is 12.3. The van der Waals surface area contributed by atoms with Crippen molar-refractivity contribution >= 4 is 18.4 Å². The minimum absolute atomic E-state index is 0. The molecule has 0 aliphatic carbocycles. The summed E-state index contributed by atoms with van der Waals surface area (Å²) < 4.78 is 29.0. The van der Waals surface area contributed by atoms with Crippen LogP contribution < -0.4 is 4.74 Å². The minimum atomic E-state index is -2.82. The summed E-state index contributed by atoms with van der Waals surface area (Å²) >= 11 is 0. The fraction of sp³-hybridized carbons (Fsp3) is 0.588. The SMILES string of the molecule is CN(CC(=O)O)C1CCCN(Cc2cccc(OC(F)F)c2)CC1.Cl. The van der Waals surface area contributed by atoms with Crippen LogP contribution in [0.15, 0.2) is 24.3 Å². The number of alkyl halides is 2. The van der Waals surface area contributed by atoms with Crippen molar-refractivity contribution < 1.29 is 23.4 Å². The lowest BCUT2D eigenvalue weighted by molar-refractivity contribution is -0.138. The van der Waals surface area contributed by atoms with Crippen LogP contribution in [0.2, 0.25) is 0 Å². The number of halogens is 3. The smallest absolute Gasteiger partial charge is 0.387 e. The number of benzene rings is 1. The van der Waals surface area contributed by atoms with E-state index in [0.29, 0.717) is 6.54 Å². The highest BCUT2D eigenvalue weighted by atomic mass is 35.5. The average molecular weight is 379 g/mol. The highest BCUT2D eigenvalue weighted by Crippen LogP contribution is 2.20. The van der Waals surface area contributed by atoms with Gasteiger partial charge in [-0.3, -0.25) is 14.6 Å². The van der Waals surface area contributed by atoms with Crippen molar-refractivity contribution in [2.75, 3.05) is 26.7 Å². The second-order valence-electron chi connectivity index (χ2n) is 6.20. The average Bonchev–Trinajstić information content (AvgIpc) is 2.72. The van der Waals surface area contributed by atoms with E-state index < -0.39 is 12.6 Å². The molecule has 1 saturated heterocycles. The number of likely N-dealkylation sites (N-methyl/N-ethyl adjacent to an activating group) is 1. The summed E-state index contributed by atoms with van der Waals surface area (Å²) in [7, 11) is 1.85. The van der Waals surface area contributed by atoms with E-state index in [1.807, 2.05) is 18.0 Å². The van der Waals surface area contributed by atoms with Crippen LogP contribution >= 0.6 is 12.4 Å². The Labute approximate surface area is 153 Å². The van der Waals surface area contributed by atoms with Crippen LogP contribution in [0, 0.1) is 0 Å². The van der Waals surface area contributed by atoms with Gasteiger partial charge in [0.05, 0.1) is 6.54 Å². The van der Waals surface area contributed by atoms with E-state index >= 15 is 0 Å². The van der Waals surface area contributed by atoms with E-state index in [4.69, 9.17) is 5.11 Å². The molecule has 1 aromatic carbocycles. The van der Waals surface area contributed by atoms with Gasteiger partial charge in [0.2, 0.25) is 0 Å². The van der Waals surface area contributed by atoms with E-state index in [1.165, 1.54) is 6.07 Å². The first-order chi connectivity index (χ1) is 11.4. The molecule has 1 aromatic rings. The highest BCUT2D eigenvalue weighted by Gasteiger charge is 2.21. The van der Waals surface area contributed by atoms with Crippen molar-refractivity contribution in [3.63, 3.8) is 0 Å². The molecule has 1 unspecified atom stereocenters. The number of aliphatic carboxylic acids is 1. The van der Waals surface area contributed by atoms with Crippen LogP contribution in [0.1, 0.15) is 24.8 Å². The van der Waals surface area contributed by atoms with Gasteiger partial charge in [-0.25, -0.2) is 0 Å². The second-order valence-corrected chi connectivity index (χ2v) is 6.20. The number of carboxylic acids is 1. The Kier molecular flexibility index (Phi) is 9.10. The Bertz CT molecular complexity index is 548. The molecule has 1 aliphatic rings. The maximum atomic E-state index is 12.3. The van der Waals surface area contributed by atoms with E-state index in [2.05, 4.69) is 9.64 Å². The number of carbonyl (C=O) groups is 1. The number of nitrogens with zero attached hydrogens (tertiary/aromatic N) is 2. The lowest BCUT2D eigenvalue weighted by atomic mass is 10.1. The monoisotopic (exact) mass is 378 g/mol. The van der Waals surface area contributed by atoms with Gasteiger partial charge in [0, 0.05) is 12.6 Å². The summed E-state index contributed by atoms with van der Waals surface area (Å²) in [4.78, 5) is 15.0. The molecule has 5 nitrogen and oxygen atoms in total. The Hall–Kier alpha value is -1.44. The Balaban J connectivity index is 0.00000312. The number of ether oxygens (including phenoxy) is 1. The molecule has 1 aliphatic heterocycles. The minimum Gasteiger partial charge on any atom is -0.480 e. The fourth-order valence-corrected chi connectivity index (χ4v) is 3.16. The molecule has 1 fully saturated rings. The van der Waals surface area contributed by atoms with Crippen LogP contribution in [0.4, 0.5) is 8.78 Å². The second kappa shape index (κ2) is 10.5. The molecule has 1 heterocycles. The molecule has 1 N–H and O–H groups in total. The lowest BCUT2D eigenvalue weighted by Gasteiger charge is -2.25. The molecule has 0 amide bonds. The molecule has 1 atom stereocenters. The molecular formula is C17H25ClF2N2O3. The standard InChI is InChI=1S/C17H24F2N2O3.ClH/c1-20(12-16(22)23)14-5-3-8-21(9-7-14)11-13-4-2-6-15(10-13)24-17(18)19;/h2,4,6,10,14,17H,3,5,7-9,11-12H2,1H3,(H,22,23);1H. The predicted molar refractivity (Wildman–Crippen MR) is 93.5 cm³/mol. The maximum Gasteiger partial charge on any atom is 0.387 e. The van der Waals surface area contributed by atoms with Crippen LogP contribution in [-0.2, 0) is 11.3 Å². The molecule has 0 aromatic heterocycles. The Morgan fingerprint density at radius 2 is 2.16 bits per heavy atom. The van der Waals surface area contributed by atoms with Gasteiger partial charge in [-0.05, 0) is 57.1 Å². The first-order valence-electron chi connectivity index (χ1n) is 8.12. The lowest BCUT2D eigenvalue weighted by Crippen LogP contribution is -2.36. The quantitative estimate of drug-likeness (QED) is 0.790. The van der Waals surface area contributed by atoms with Gasteiger partial charge in [-0.15, -0.1) is 12.4 Å². The first-order valence-corrected chi connectivity index (χ1v) is 8.12. The number of hydrogen-bond acceptors (Lipinski definition) is 4. The number of rotatable bonds is 7. The van der Waals surface area contributed by atoms with Crippen LogP contribution in [0.25, 0.3) is 0 Å². The first kappa shape index (κ1) is 21.6. The van der Waals surface area contributed by atoms with Crippen molar-refractivity contribution in [3.05, 3.63) is 29.8 Å². The molecule has 0 bridgehead atoms. The van der Waals surface area contributed by atoms with Gasteiger partial charge in [0.1, 0.15) is 5.75 Å². The summed E-state index contributed by atoms with van der Waals surface area (Å²) in [5.74, 6) is -0.633. The number of likely N-dealkylation sites (tertiary alicyclic amines) is 1. The Morgan fingerprint density at radius 1 is 1.40 bits per heavy atom. The van der Waals surface area contributed by atoms with Crippen LogP contribution in [-0.4, -0.2) is 60.2 Å². The molecule has 2 rings (SSSR count). The largest absolute Gasteiger partial charge is 0.480 e.